The Morgan fingerprint density at radius 2 is 1.84 bits per heavy atom. The zero-order chi connectivity index (χ0) is 27.7. The molecule has 0 atom stereocenters. The first-order chi connectivity index (χ1) is 17.9. The fraction of sp³-hybridized carbons (Fsp3) is 0.192. The number of hydrogen-bond acceptors (Lipinski definition) is 4. The van der Waals surface area contributed by atoms with E-state index in [4.69, 9.17) is 16.3 Å². The van der Waals surface area contributed by atoms with Crippen molar-refractivity contribution < 1.29 is 31.5 Å². The average Bonchev–Trinajstić information content (AvgIpc) is 3.37. The fourth-order valence-electron chi connectivity index (χ4n) is 3.83. The molecule has 4 aromatic rings. The number of alkyl halides is 5. The van der Waals surface area contributed by atoms with Crippen molar-refractivity contribution in [2.75, 3.05) is 6.54 Å². The molecule has 2 aromatic heterocycles. The molecule has 0 fully saturated rings. The van der Waals surface area contributed by atoms with Crippen molar-refractivity contribution >= 4 is 17.5 Å². The van der Waals surface area contributed by atoms with Crippen LogP contribution >= 0.6 is 11.6 Å². The first-order valence-corrected chi connectivity index (χ1v) is 11.5. The summed E-state index contributed by atoms with van der Waals surface area (Å²) < 4.78 is 76.5. The number of aromatic nitrogens is 3. The lowest BCUT2D eigenvalue weighted by molar-refractivity contribution is -0.137. The Morgan fingerprint density at radius 3 is 2.50 bits per heavy atom. The number of hydrogen-bond donors (Lipinski definition) is 1. The quantitative estimate of drug-likeness (QED) is 0.201. The number of amides is 1. The molecule has 6 nitrogen and oxygen atoms in total. The van der Waals surface area contributed by atoms with E-state index in [1.165, 1.54) is 48.3 Å². The monoisotopic (exact) mass is 550 g/mol. The molecule has 2 aromatic carbocycles. The molecule has 198 valence electrons. The lowest BCUT2D eigenvalue weighted by Crippen LogP contribution is -2.36. The first-order valence-electron chi connectivity index (χ1n) is 11.1. The lowest BCUT2D eigenvalue weighted by atomic mass is 10.00. The van der Waals surface area contributed by atoms with E-state index in [1.54, 1.807) is 13.0 Å². The van der Waals surface area contributed by atoms with Gasteiger partial charge in [0.1, 0.15) is 17.0 Å². The highest BCUT2D eigenvalue weighted by Gasteiger charge is 2.35. The topological polar surface area (TPSA) is 69.0 Å². The number of rotatable bonds is 7. The van der Waals surface area contributed by atoms with Gasteiger partial charge in [-0.3, -0.25) is 4.79 Å². The highest BCUT2D eigenvalue weighted by atomic mass is 35.5. The standard InChI is InChI=1S/C26H20ClF5N4O2/c1-15-7-8-19(16(2)11-15)25(28,29)14-34-24(37)21-20(13-33-23(27)22(21)36-10-4-9-35-36)38-18-6-3-5-17(12-18)26(30,31)32/h3-13H,14H2,1-2H3,(H,34,37). The molecular formula is C26H20ClF5N4O2. The number of aryl methyl sites for hydroxylation is 2. The largest absolute Gasteiger partial charge is 0.455 e. The molecule has 0 bridgehead atoms. The molecule has 0 aliphatic carbocycles. The van der Waals surface area contributed by atoms with E-state index >= 15 is 8.78 Å². The van der Waals surface area contributed by atoms with E-state index in [1.807, 2.05) is 0 Å². The van der Waals surface area contributed by atoms with Crippen LogP contribution in [0, 0.1) is 13.8 Å². The normalized spacial score (nSPS) is 11.9. The molecule has 1 N–H and O–H groups in total. The number of halogens is 6. The molecule has 0 saturated carbocycles. The van der Waals surface area contributed by atoms with Crippen LogP contribution in [0.1, 0.15) is 32.6 Å². The molecule has 0 aliphatic heterocycles. The van der Waals surface area contributed by atoms with Gasteiger partial charge in [0, 0.05) is 18.0 Å². The van der Waals surface area contributed by atoms with E-state index in [2.05, 4.69) is 15.4 Å². The van der Waals surface area contributed by atoms with Gasteiger partial charge < -0.3 is 10.1 Å². The number of benzene rings is 2. The third-order valence-corrected chi connectivity index (χ3v) is 5.85. The predicted octanol–water partition coefficient (Wildman–Crippen LogP) is 6.87. The smallest absolute Gasteiger partial charge is 0.416 e. The Bertz CT molecular complexity index is 1470. The molecular weight excluding hydrogens is 531 g/mol. The van der Waals surface area contributed by atoms with Gasteiger partial charge in [-0.2, -0.15) is 27.1 Å². The lowest BCUT2D eigenvalue weighted by Gasteiger charge is -2.21. The van der Waals surface area contributed by atoms with Crippen LogP contribution < -0.4 is 10.1 Å². The number of pyridine rings is 1. The second-order valence-electron chi connectivity index (χ2n) is 8.42. The maximum atomic E-state index is 15.1. The molecule has 0 unspecified atom stereocenters. The number of ether oxygens (including phenoxy) is 1. The van der Waals surface area contributed by atoms with Gasteiger partial charge in [-0.25, -0.2) is 9.67 Å². The zero-order valence-corrected chi connectivity index (χ0v) is 20.7. The van der Waals surface area contributed by atoms with Crippen LogP contribution in [0.4, 0.5) is 22.0 Å². The Balaban J connectivity index is 1.72. The second-order valence-corrected chi connectivity index (χ2v) is 8.78. The van der Waals surface area contributed by atoms with Crippen molar-refractivity contribution in [1.82, 2.24) is 20.1 Å². The molecule has 12 heteroatoms. The highest BCUT2D eigenvalue weighted by Crippen LogP contribution is 2.36. The van der Waals surface area contributed by atoms with Crippen LogP contribution in [-0.2, 0) is 12.1 Å². The Hall–Kier alpha value is -3.99. The van der Waals surface area contributed by atoms with Crippen LogP contribution in [0.15, 0.2) is 67.1 Å². The minimum atomic E-state index is -4.64. The molecule has 38 heavy (non-hydrogen) atoms. The van der Waals surface area contributed by atoms with E-state index in [-0.39, 0.29) is 33.5 Å². The summed E-state index contributed by atoms with van der Waals surface area (Å²) in [7, 11) is 0. The zero-order valence-electron chi connectivity index (χ0n) is 20.0. The van der Waals surface area contributed by atoms with Gasteiger partial charge in [-0.05, 0) is 43.7 Å². The molecule has 0 spiro atoms. The summed E-state index contributed by atoms with van der Waals surface area (Å²) in [5, 5.41) is 6.00. The molecule has 0 aliphatic rings. The van der Waals surface area contributed by atoms with E-state index < -0.39 is 30.1 Å². The number of carbonyl (C=O) groups is 1. The summed E-state index contributed by atoms with van der Waals surface area (Å²) in [5.74, 6) is -5.03. The van der Waals surface area contributed by atoms with Gasteiger partial charge in [0.25, 0.3) is 11.8 Å². The van der Waals surface area contributed by atoms with Crippen LogP contribution in [0.2, 0.25) is 5.15 Å². The van der Waals surface area contributed by atoms with Crippen LogP contribution in [0.25, 0.3) is 5.69 Å². The molecule has 2 heterocycles. The second kappa shape index (κ2) is 10.4. The van der Waals surface area contributed by atoms with E-state index in [0.717, 1.165) is 30.0 Å². The van der Waals surface area contributed by atoms with Gasteiger partial charge in [-0.15, -0.1) is 0 Å². The summed E-state index contributed by atoms with van der Waals surface area (Å²) in [5.41, 5.74) is -0.539. The van der Waals surface area contributed by atoms with Gasteiger partial charge in [0.15, 0.2) is 10.9 Å². The molecule has 1 amide bonds. The average molecular weight is 551 g/mol. The fourth-order valence-corrected chi connectivity index (χ4v) is 4.06. The van der Waals surface area contributed by atoms with Crippen molar-refractivity contribution in [2.24, 2.45) is 0 Å². The SMILES string of the molecule is Cc1ccc(C(F)(F)CNC(=O)c2c(Oc3cccc(C(F)(F)F)c3)cnc(Cl)c2-n2cccn2)c(C)c1. The molecule has 0 radical (unpaired) electrons. The van der Waals surface area contributed by atoms with Gasteiger partial charge in [0.05, 0.1) is 18.3 Å². The predicted molar refractivity (Wildman–Crippen MR) is 130 cm³/mol. The molecule has 0 saturated heterocycles. The highest BCUT2D eigenvalue weighted by molar-refractivity contribution is 6.32. The minimum absolute atomic E-state index is 0.103. The van der Waals surface area contributed by atoms with Gasteiger partial charge >= 0.3 is 6.18 Å². The third kappa shape index (κ3) is 5.77. The van der Waals surface area contributed by atoms with Gasteiger partial charge in [0.2, 0.25) is 0 Å². The van der Waals surface area contributed by atoms with E-state index in [9.17, 15) is 18.0 Å². The van der Waals surface area contributed by atoms with E-state index in [0.29, 0.717) is 5.56 Å². The van der Waals surface area contributed by atoms with Crippen molar-refractivity contribution in [3.05, 3.63) is 100 Å². The van der Waals surface area contributed by atoms with Crippen LogP contribution in [0.5, 0.6) is 11.5 Å². The summed E-state index contributed by atoms with van der Waals surface area (Å²) in [4.78, 5) is 17.3. The van der Waals surface area contributed by atoms with Crippen LogP contribution in [0.3, 0.4) is 0 Å². The number of nitrogens with zero attached hydrogens (tertiary/aromatic N) is 3. The maximum absolute atomic E-state index is 15.1. The van der Waals surface area contributed by atoms with Crippen molar-refractivity contribution in [3.63, 3.8) is 0 Å². The Morgan fingerprint density at radius 1 is 1.08 bits per heavy atom. The number of nitrogens with one attached hydrogen (secondary N) is 1. The number of carbonyl (C=O) groups excluding carboxylic acids is 1. The summed E-state index contributed by atoms with van der Waals surface area (Å²) in [6.45, 7) is 2.24. The Labute approximate surface area is 219 Å². The first kappa shape index (κ1) is 27.1. The maximum Gasteiger partial charge on any atom is 0.416 e. The van der Waals surface area contributed by atoms with Crippen molar-refractivity contribution in [3.8, 4) is 17.2 Å². The van der Waals surface area contributed by atoms with Gasteiger partial charge in [-0.1, -0.05) is 41.4 Å². The minimum Gasteiger partial charge on any atom is -0.455 e. The third-order valence-electron chi connectivity index (χ3n) is 5.57. The van der Waals surface area contributed by atoms with Crippen molar-refractivity contribution in [2.45, 2.75) is 25.9 Å². The molecule has 4 rings (SSSR count). The summed E-state index contributed by atoms with van der Waals surface area (Å²) in [6.07, 6.45) is -0.810. The van der Waals surface area contributed by atoms with Crippen molar-refractivity contribution in [1.29, 1.82) is 0 Å². The van der Waals surface area contributed by atoms with Crippen LogP contribution in [-0.4, -0.2) is 27.2 Å². The summed E-state index contributed by atoms with van der Waals surface area (Å²) in [6, 6.07) is 9.91. The summed E-state index contributed by atoms with van der Waals surface area (Å²) >= 11 is 6.24. The Kier molecular flexibility index (Phi) is 7.41.